The van der Waals surface area contributed by atoms with Crippen molar-refractivity contribution in [2.24, 2.45) is 11.5 Å². The van der Waals surface area contributed by atoms with Gasteiger partial charge in [-0.25, -0.2) is 9.59 Å². The molecule has 12 heteroatoms. The molecule has 0 aromatic carbocycles. The Balaban J connectivity index is -0.000000734. The largest absolute Gasteiger partial charge is 0.478 e. The summed E-state index contributed by atoms with van der Waals surface area (Å²) in [7, 11) is 0. The second kappa shape index (κ2) is 31.9. The molecule has 12 nitrogen and oxygen atoms in total. The second-order valence-electron chi connectivity index (χ2n) is 12.8. The van der Waals surface area contributed by atoms with Gasteiger partial charge in [0.1, 0.15) is 0 Å². The number of carbonyl (C=O) groups excluding carboxylic acids is 3. The summed E-state index contributed by atoms with van der Waals surface area (Å²) in [4.78, 5) is 45.8. The van der Waals surface area contributed by atoms with Crippen molar-refractivity contribution in [3.05, 3.63) is 23.3 Å². The van der Waals surface area contributed by atoms with Crippen LogP contribution in [0.15, 0.2) is 23.3 Å². The Morgan fingerprint density at radius 2 is 0.980 bits per heavy atom. The SMILES string of the molecule is CCC.CCC.CCC.CCC(CC)O[C@@H]1C=C(C(=O)O)C[C@H](N)[C@H]1NC(C)=O.CCOC(=O)C1=C[C@@H](OC(CC)CC)[C@H](NC(C)=O)[C@@H](N)C1. The van der Waals surface area contributed by atoms with Gasteiger partial charge in [-0.3, -0.25) is 9.59 Å². The van der Waals surface area contributed by atoms with Gasteiger partial charge in [-0.2, -0.15) is 0 Å². The van der Waals surface area contributed by atoms with Crippen molar-refractivity contribution < 1.29 is 38.5 Å². The Morgan fingerprint density at radius 3 is 1.25 bits per heavy atom. The fourth-order valence-corrected chi connectivity index (χ4v) is 5.03. The minimum Gasteiger partial charge on any atom is -0.478 e. The van der Waals surface area contributed by atoms with Gasteiger partial charge in [-0.15, -0.1) is 0 Å². The monoisotopic (exact) mass is 729 g/mol. The highest BCUT2D eigenvalue weighted by molar-refractivity contribution is 5.89. The number of carboxylic acid groups (broad SMARTS) is 1. The molecule has 2 amide bonds. The van der Waals surface area contributed by atoms with Gasteiger partial charge in [-0.1, -0.05) is 88.5 Å². The fourth-order valence-electron chi connectivity index (χ4n) is 5.03. The summed E-state index contributed by atoms with van der Waals surface area (Å²) < 4.78 is 17.0. The molecule has 0 fully saturated rings. The lowest BCUT2D eigenvalue weighted by Gasteiger charge is -2.36. The van der Waals surface area contributed by atoms with Crippen molar-refractivity contribution in [2.75, 3.05) is 6.61 Å². The number of nitrogens with one attached hydrogen (secondary N) is 2. The molecule has 0 bridgehead atoms. The van der Waals surface area contributed by atoms with Gasteiger partial charge in [0.2, 0.25) is 11.8 Å². The van der Waals surface area contributed by atoms with Crippen molar-refractivity contribution >= 4 is 23.8 Å². The standard InChI is InChI=1S/C16H28N2O4.C14H24N2O4.3C3H8/c1-5-12(6-2)22-14-9-11(16(20)21-7-3)8-13(17)15(14)18-10(4)19;1-4-10(5-2)20-12-7-9(14(18)19)6-11(15)13(12)16-8(3)17;3*1-3-2/h9,12-15H,5-8,17H2,1-4H3,(H,18,19);7,10-13H,4-6,15H2,1-3H3,(H,16,17)(H,18,19);3*3H2,1-2H3/t13-,14+,15+;11-,12+,13+;;;/m00.../s1. The predicted molar refractivity (Wildman–Crippen MR) is 207 cm³/mol. The number of hydrogen-bond donors (Lipinski definition) is 5. The third-order valence-corrected chi connectivity index (χ3v) is 7.35. The first-order valence-corrected chi connectivity index (χ1v) is 19.2. The Morgan fingerprint density at radius 1 is 0.667 bits per heavy atom. The zero-order chi connectivity index (χ0) is 40.1. The molecule has 0 spiro atoms. The fraction of sp³-hybridized carbons (Fsp3) is 0.795. The lowest BCUT2D eigenvalue weighted by Crippen LogP contribution is -2.57. The van der Waals surface area contributed by atoms with E-state index in [0.717, 1.165) is 25.7 Å². The molecule has 0 saturated carbocycles. The average Bonchev–Trinajstić information content (AvgIpc) is 3.06. The van der Waals surface area contributed by atoms with Crippen molar-refractivity contribution in [3.63, 3.8) is 0 Å². The van der Waals surface area contributed by atoms with Crippen LogP contribution in [-0.2, 0) is 33.4 Å². The van der Waals surface area contributed by atoms with Gasteiger partial charge in [0.25, 0.3) is 0 Å². The van der Waals surface area contributed by atoms with Crippen LogP contribution in [-0.4, -0.2) is 84.0 Å². The first-order chi connectivity index (χ1) is 24.0. The van der Waals surface area contributed by atoms with E-state index in [1.165, 1.54) is 33.1 Å². The smallest absolute Gasteiger partial charge is 0.333 e. The topological polar surface area (TPSA) is 192 Å². The second-order valence-corrected chi connectivity index (χ2v) is 12.8. The highest BCUT2D eigenvalue weighted by Crippen LogP contribution is 2.25. The molecule has 0 aromatic rings. The highest BCUT2D eigenvalue weighted by Gasteiger charge is 2.37. The summed E-state index contributed by atoms with van der Waals surface area (Å²) in [5.74, 6) is -1.71. The van der Waals surface area contributed by atoms with E-state index in [1.807, 2.05) is 27.7 Å². The molecule has 0 aliphatic heterocycles. The molecule has 0 saturated heterocycles. The Bertz CT molecular complexity index is 1010. The molecule has 0 radical (unpaired) electrons. The van der Waals surface area contributed by atoms with Crippen LogP contribution in [0.5, 0.6) is 0 Å². The van der Waals surface area contributed by atoms with Crippen LogP contribution in [0.3, 0.4) is 0 Å². The molecule has 51 heavy (non-hydrogen) atoms. The maximum absolute atomic E-state index is 12.0. The van der Waals surface area contributed by atoms with E-state index in [1.54, 1.807) is 19.1 Å². The van der Waals surface area contributed by atoms with Gasteiger partial charge < -0.3 is 41.4 Å². The minimum absolute atomic E-state index is 0.0212. The van der Waals surface area contributed by atoms with Gasteiger partial charge in [0.15, 0.2) is 0 Å². The number of ether oxygens (including phenoxy) is 3. The quantitative estimate of drug-likeness (QED) is 0.134. The van der Waals surface area contributed by atoms with Crippen LogP contribution < -0.4 is 22.1 Å². The third kappa shape index (κ3) is 23.4. The zero-order valence-corrected chi connectivity index (χ0v) is 34.3. The summed E-state index contributed by atoms with van der Waals surface area (Å²) in [5, 5.41) is 14.7. The van der Waals surface area contributed by atoms with Crippen LogP contribution >= 0.6 is 0 Å². The summed E-state index contributed by atoms with van der Waals surface area (Å²) in [6, 6.07) is -1.57. The minimum atomic E-state index is -0.986. The van der Waals surface area contributed by atoms with Crippen LogP contribution in [0, 0.1) is 0 Å². The van der Waals surface area contributed by atoms with Crippen LogP contribution in [0.2, 0.25) is 0 Å². The van der Waals surface area contributed by atoms with Crippen molar-refractivity contribution in [2.45, 2.75) is 196 Å². The molecule has 0 aromatic heterocycles. The van der Waals surface area contributed by atoms with E-state index in [4.69, 9.17) is 30.8 Å². The van der Waals surface area contributed by atoms with Crippen LogP contribution in [0.25, 0.3) is 0 Å². The Labute approximate surface area is 310 Å². The average molecular weight is 729 g/mol. The predicted octanol–water partition coefficient (Wildman–Crippen LogP) is 6.34. The first kappa shape index (κ1) is 52.6. The number of carbonyl (C=O) groups is 4. The number of hydrogen-bond acceptors (Lipinski definition) is 9. The number of aliphatic carboxylic acids is 1. The Kier molecular flexibility index (Phi) is 32.9. The summed E-state index contributed by atoms with van der Waals surface area (Å²) in [6.45, 7) is 25.8. The van der Waals surface area contributed by atoms with E-state index >= 15 is 0 Å². The maximum atomic E-state index is 12.0. The summed E-state index contributed by atoms with van der Waals surface area (Å²) in [6.07, 6.45) is 10.2. The van der Waals surface area contributed by atoms with E-state index in [9.17, 15) is 19.2 Å². The lowest BCUT2D eigenvalue weighted by atomic mass is 9.88. The van der Waals surface area contributed by atoms with Crippen molar-refractivity contribution in [3.8, 4) is 0 Å². The Hall–Kier alpha value is -2.80. The highest BCUT2D eigenvalue weighted by atomic mass is 16.5. The number of nitrogens with two attached hydrogens (primary N) is 2. The van der Waals surface area contributed by atoms with Crippen molar-refractivity contribution in [1.29, 1.82) is 0 Å². The molecule has 2 aliphatic carbocycles. The van der Waals surface area contributed by atoms with E-state index in [-0.39, 0.29) is 54.1 Å². The van der Waals surface area contributed by atoms with Gasteiger partial charge in [0.05, 0.1) is 43.1 Å². The molecule has 0 unspecified atom stereocenters. The van der Waals surface area contributed by atoms with Gasteiger partial charge in [-0.05, 0) is 57.6 Å². The van der Waals surface area contributed by atoms with E-state index in [2.05, 4.69) is 52.2 Å². The van der Waals surface area contributed by atoms with Crippen molar-refractivity contribution in [1.82, 2.24) is 10.6 Å². The summed E-state index contributed by atoms with van der Waals surface area (Å²) in [5.41, 5.74) is 12.9. The van der Waals surface area contributed by atoms with Crippen LogP contribution in [0.4, 0.5) is 0 Å². The molecule has 7 N–H and O–H groups in total. The number of amides is 2. The van der Waals surface area contributed by atoms with Gasteiger partial charge in [0, 0.05) is 37.1 Å². The molecule has 2 aliphatic rings. The maximum Gasteiger partial charge on any atom is 0.333 e. The lowest BCUT2D eigenvalue weighted by molar-refractivity contribution is -0.139. The van der Waals surface area contributed by atoms with E-state index in [0.29, 0.717) is 18.6 Å². The molecular weight excluding hydrogens is 652 g/mol. The number of esters is 1. The summed E-state index contributed by atoms with van der Waals surface area (Å²) >= 11 is 0. The van der Waals surface area contributed by atoms with Crippen LogP contribution in [0.1, 0.15) is 148 Å². The zero-order valence-electron chi connectivity index (χ0n) is 34.3. The molecule has 0 heterocycles. The van der Waals surface area contributed by atoms with E-state index < -0.39 is 30.3 Å². The molecule has 300 valence electrons. The first-order valence-electron chi connectivity index (χ1n) is 19.2. The number of carboxylic acids is 1. The molecular formula is C39H76N4O8. The number of rotatable bonds is 13. The third-order valence-electron chi connectivity index (χ3n) is 7.35. The molecule has 6 atom stereocenters. The normalized spacial score (nSPS) is 22.1. The van der Waals surface area contributed by atoms with Gasteiger partial charge >= 0.3 is 11.9 Å². The molecule has 2 rings (SSSR count).